The summed E-state index contributed by atoms with van der Waals surface area (Å²) in [7, 11) is 1.60. The molecule has 32 heavy (non-hydrogen) atoms. The van der Waals surface area contributed by atoms with Crippen molar-refractivity contribution >= 4 is 40.9 Å². The van der Waals surface area contributed by atoms with Crippen LogP contribution in [0.5, 0.6) is 5.75 Å². The number of carbonyl (C=O) groups is 2. The van der Waals surface area contributed by atoms with E-state index in [9.17, 15) is 9.59 Å². The maximum Gasteiger partial charge on any atom is 0.268 e. The molecule has 3 aromatic carbocycles. The van der Waals surface area contributed by atoms with Crippen LogP contribution in [0.15, 0.2) is 72.8 Å². The molecular formula is C25H21ClN2O3S. The summed E-state index contributed by atoms with van der Waals surface area (Å²) in [6, 6.07) is 22.2. The van der Waals surface area contributed by atoms with Crippen molar-refractivity contribution in [1.82, 2.24) is 4.90 Å². The number of amides is 2. The lowest BCUT2D eigenvalue weighted by atomic mass is 10.0. The van der Waals surface area contributed by atoms with Gasteiger partial charge in [0, 0.05) is 28.4 Å². The molecule has 2 heterocycles. The van der Waals surface area contributed by atoms with Crippen molar-refractivity contribution in [2.45, 2.75) is 11.4 Å². The smallest absolute Gasteiger partial charge is 0.268 e. The number of rotatable bonds is 4. The van der Waals surface area contributed by atoms with Gasteiger partial charge in [0.25, 0.3) is 11.8 Å². The Morgan fingerprint density at radius 3 is 2.59 bits per heavy atom. The van der Waals surface area contributed by atoms with Crippen molar-refractivity contribution in [2.75, 3.05) is 24.3 Å². The summed E-state index contributed by atoms with van der Waals surface area (Å²) in [6.07, 6.45) is 0. The van der Waals surface area contributed by atoms with Crippen LogP contribution in [0.2, 0.25) is 5.02 Å². The monoisotopic (exact) mass is 464 g/mol. The van der Waals surface area contributed by atoms with Gasteiger partial charge in [0.05, 0.1) is 19.3 Å². The third-order valence-electron chi connectivity index (χ3n) is 5.95. The van der Waals surface area contributed by atoms with Gasteiger partial charge in [-0.3, -0.25) is 9.59 Å². The van der Waals surface area contributed by atoms with Gasteiger partial charge in [0.1, 0.15) is 5.75 Å². The lowest BCUT2D eigenvalue weighted by Gasteiger charge is -2.33. The van der Waals surface area contributed by atoms with E-state index in [0.29, 0.717) is 35.2 Å². The number of nitrogens with zero attached hydrogens (tertiary/aromatic N) is 2. The number of halogens is 1. The molecule has 0 radical (unpaired) electrons. The van der Waals surface area contributed by atoms with E-state index in [4.69, 9.17) is 16.3 Å². The lowest BCUT2D eigenvalue weighted by molar-refractivity contribution is -0.123. The second-order valence-corrected chi connectivity index (χ2v) is 9.38. The molecule has 2 aliphatic heterocycles. The number of fused-ring (bicyclic) bond motifs is 2. The van der Waals surface area contributed by atoms with E-state index in [1.807, 2.05) is 60.7 Å². The van der Waals surface area contributed by atoms with Crippen LogP contribution in [0.3, 0.4) is 0 Å². The van der Waals surface area contributed by atoms with E-state index in [0.717, 1.165) is 16.8 Å². The van der Waals surface area contributed by atoms with Gasteiger partial charge in [-0.05, 0) is 42.0 Å². The first-order chi connectivity index (χ1) is 15.6. The first-order valence-electron chi connectivity index (χ1n) is 10.3. The zero-order chi connectivity index (χ0) is 22.3. The van der Waals surface area contributed by atoms with E-state index >= 15 is 0 Å². The highest BCUT2D eigenvalue weighted by atomic mass is 35.5. The molecule has 1 saturated heterocycles. The van der Waals surface area contributed by atoms with E-state index in [1.165, 1.54) is 11.8 Å². The van der Waals surface area contributed by atoms with E-state index in [1.54, 1.807) is 29.0 Å². The highest BCUT2D eigenvalue weighted by molar-refractivity contribution is 8.01. The fourth-order valence-corrected chi connectivity index (χ4v) is 6.06. The maximum absolute atomic E-state index is 14.1. The van der Waals surface area contributed by atoms with Crippen LogP contribution in [0.1, 0.15) is 21.5 Å². The van der Waals surface area contributed by atoms with E-state index < -0.39 is 4.87 Å². The number of methoxy groups -OCH3 is 1. The number of anilines is 1. The molecular weight excluding hydrogens is 444 g/mol. The minimum atomic E-state index is -1.13. The summed E-state index contributed by atoms with van der Waals surface area (Å²) >= 11 is 7.91. The number of hydrogen-bond acceptors (Lipinski definition) is 4. The lowest BCUT2D eigenvalue weighted by Crippen LogP contribution is -2.50. The van der Waals surface area contributed by atoms with Crippen LogP contribution in [0.25, 0.3) is 0 Å². The van der Waals surface area contributed by atoms with Crippen molar-refractivity contribution in [1.29, 1.82) is 0 Å². The third-order valence-corrected chi connectivity index (χ3v) is 7.74. The Morgan fingerprint density at radius 1 is 1.09 bits per heavy atom. The summed E-state index contributed by atoms with van der Waals surface area (Å²) in [6.45, 7) is 0.814. The van der Waals surface area contributed by atoms with Crippen LogP contribution in [-0.2, 0) is 16.2 Å². The molecule has 7 heteroatoms. The minimum Gasteiger partial charge on any atom is -0.497 e. The molecule has 1 unspecified atom stereocenters. The Labute approximate surface area is 195 Å². The second kappa shape index (κ2) is 8.19. The molecule has 0 aromatic heterocycles. The van der Waals surface area contributed by atoms with Gasteiger partial charge in [-0.2, -0.15) is 0 Å². The molecule has 5 rings (SSSR count). The topological polar surface area (TPSA) is 49.9 Å². The van der Waals surface area contributed by atoms with Crippen LogP contribution in [0.4, 0.5) is 5.69 Å². The molecule has 1 fully saturated rings. The molecule has 0 saturated carbocycles. The SMILES string of the molecule is COc1ccc2c(c1)C1(SCCN1C(=O)c1ccccc1)C(=O)N2Cc1ccccc1Cl. The predicted molar refractivity (Wildman–Crippen MR) is 127 cm³/mol. The van der Waals surface area contributed by atoms with E-state index in [2.05, 4.69) is 0 Å². The molecule has 2 amide bonds. The fourth-order valence-electron chi connectivity index (χ4n) is 4.41. The molecule has 0 N–H and O–H groups in total. The molecule has 3 aromatic rings. The molecule has 162 valence electrons. The minimum absolute atomic E-state index is 0.132. The first-order valence-corrected chi connectivity index (χ1v) is 11.7. The van der Waals surface area contributed by atoms with Crippen LogP contribution in [-0.4, -0.2) is 36.1 Å². The van der Waals surface area contributed by atoms with Crippen molar-refractivity contribution in [3.05, 3.63) is 94.5 Å². The number of carbonyl (C=O) groups excluding carboxylic acids is 2. The summed E-state index contributed by atoms with van der Waals surface area (Å²) in [5.41, 5.74) is 2.97. The molecule has 0 bridgehead atoms. The number of hydrogen-bond donors (Lipinski definition) is 0. The van der Waals surface area contributed by atoms with E-state index in [-0.39, 0.29) is 11.8 Å². The molecule has 0 aliphatic carbocycles. The van der Waals surface area contributed by atoms with Gasteiger partial charge in [-0.1, -0.05) is 48.0 Å². The molecule has 1 atom stereocenters. The average Bonchev–Trinajstić information content (AvgIpc) is 3.37. The Hall–Kier alpha value is -2.96. The zero-order valence-corrected chi connectivity index (χ0v) is 19.0. The second-order valence-electron chi connectivity index (χ2n) is 7.68. The Morgan fingerprint density at radius 2 is 1.84 bits per heavy atom. The van der Waals surface area contributed by atoms with Crippen LogP contribution in [0, 0.1) is 0 Å². The van der Waals surface area contributed by atoms with Gasteiger partial charge < -0.3 is 14.5 Å². The first kappa shape index (κ1) is 20.9. The summed E-state index contributed by atoms with van der Waals surface area (Å²) < 4.78 is 5.47. The highest BCUT2D eigenvalue weighted by Gasteiger charge is 2.59. The fraction of sp³-hybridized carbons (Fsp3) is 0.200. The standard InChI is InChI=1S/C25H21ClN2O3S/c1-31-19-11-12-22-20(15-19)25(24(30)27(22)16-18-9-5-6-10-21(18)26)28(13-14-32-25)23(29)17-7-3-2-4-8-17/h2-12,15H,13-14,16H2,1H3. The maximum atomic E-state index is 14.1. The van der Waals surface area contributed by atoms with Gasteiger partial charge >= 0.3 is 0 Å². The molecule has 5 nitrogen and oxygen atoms in total. The highest BCUT2D eigenvalue weighted by Crippen LogP contribution is 2.55. The van der Waals surface area contributed by atoms with Crippen LogP contribution >= 0.6 is 23.4 Å². The normalized spacial score (nSPS) is 19.5. The largest absolute Gasteiger partial charge is 0.497 e. The summed E-state index contributed by atoms with van der Waals surface area (Å²) in [5.74, 6) is 1.03. The van der Waals surface area contributed by atoms with Crippen molar-refractivity contribution in [3.8, 4) is 5.75 Å². The van der Waals surface area contributed by atoms with Crippen molar-refractivity contribution in [2.24, 2.45) is 0 Å². The summed E-state index contributed by atoms with van der Waals surface area (Å²) in [4.78, 5) is 29.9. The van der Waals surface area contributed by atoms with Crippen LogP contribution < -0.4 is 9.64 Å². The van der Waals surface area contributed by atoms with Gasteiger partial charge in [-0.25, -0.2) is 0 Å². The van der Waals surface area contributed by atoms with Gasteiger partial charge in [0.15, 0.2) is 4.87 Å². The molecule has 1 spiro atoms. The molecule has 2 aliphatic rings. The Kier molecular flexibility index (Phi) is 5.35. The number of benzene rings is 3. The summed E-state index contributed by atoms with van der Waals surface area (Å²) in [5, 5.41) is 0.604. The Balaban J connectivity index is 1.63. The number of thioether (sulfide) groups is 1. The van der Waals surface area contributed by atoms with Crippen molar-refractivity contribution in [3.63, 3.8) is 0 Å². The van der Waals surface area contributed by atoms with Gasteiger partial charge in [-0.15, -0.1) is 11.8 Å². The Bertz CT molecular complexity index is 1200. The average molecular weight is 465 g/mol. The third kappa shape index (κ3) is 3.17. The zero-order valence-electron chi connectivity index (χ0n) is 17.5. The van der Waals surface area contributed by atoms with Gasteiger partial charge in [0.2, 0.25) is 0 Å². The van der Waals surface area contributed by atoms with Crippen molar-refractivity contribution < 1.29 is 14.3 Å². The predicted octanol–water partition coefficient (Wildman–Crippen LogP) is 4.94. The quantitative estimate of drug-likeness (QED) is 0.549. The number of ether oxygens (including phenoxy) is 1.